The molecule has 0 spiro atoms. The molecule has 0 aliphatic heterocycles. The van der Waals surface area contributed by atoms with E-state index in [4.69, 9.17) is 9.47 Å². The molecule has 0 N–H and O–H groups in total. The number of benzene rings is 3. The molecular weight excluding hydrogens is 498 g/mol. The highest BCUT2D eigenvalue weighted by molar-refractivity contribution is 7.91. The molecule has 0 heterocycles. The molecule has 7 heteroatoms. The smallest absolute Gasteiger partial charge is 0.311 e. The van der Waals surface area contributed by atoms with Gasteiger partial charge in [-0.15, -0.1) is 0 Å². The van der Waals surface area contributed by atoms with Gasteiger partial charge in [-0.1, -0.05) is 62.9 Å². The third kappa shape index (κ3) is 7.96. The molecule has 38 heavy (non-hydrogen) atoms. The van der Waals surface area contributed by atoms with E-state index in [9.17, 15) is 18.5 Å². The molecule has 0 aliphatic carbocycles. The summed E-state index contributed by atoms with van der Waals surface area (Å²) < 4.78 is 35.8. The van der Waals surface area contributed by atoms with Crippen LogP contribution < -0.4 is 4.74 Å². The zero-order valence-electron chi connectivity index (χ0n) is 21.8. The Balaban J connectivity index is 1.67. The van der Waals surface area contributed by atoms with Crippen molar-refractivity contribution in [2.24, 2.45) is 11.8 Å². The van der Waals surface area contributed by atoms with Crippen LogP contribution in [0.5, 0.6) is 11.5 Å². The Morgan fingerprint density at radius 2 is 1.63 bits per heavy atom. The van der Waals surface area contributed by atoms with E-state index in [2.05, 4.69) is 17.9 Å². The van der Waals surface area contributed by atoms with E-state index >= 15 is 0 Å². The normalized spacial score (nSPS) is 12.5. The van der Waals surface area contributed by atoms with E-state index in [1.165, 1.54) is 0 Å². The molecule has 6 nitrogen and oxygen atoms in total. The summed E-state index contributed by atoms with van der Waals surface area (Å²) in [6.07, 6.45) is -0.300. The number of carbonyl (C=O) groups is 1. The molecule has 0 amide bonds. The Kier molecular flexibility index (Phi) is 10.1. The van der Waals surface area contributed by atoms with Crippen molar-refractivity contribution in [3.05, 3.63) is 90.0 Å². The first-order valence-electron chi connectivity index (χ1n) is 12.5. The average Bonchev–Trinajstić information content (AvgIpc) is 2.90. The molecule has 3 rings (SSSR count). The number of hydrogen-bond donors (Lipinski definition) is 0. The third-order valence-corrected chi connectivity index (χ3v) is 7.78. The van der Waals surface area contributed by atoms with Crippen LogP contribution in [-0.4, -0.2) is 20.1 Å². The second-order valence-electron chi connectivity index (χ2n) is 9.13. The molecule has 196 valence electrons. The highest BCUT2D eigenvalue weighted by Gasteiger charge is 2.27. The molecule has 0 fully saturated rings. The molecule has 0 saturated heterocycles. The van der Waals surface area contributed by atoms with Gasteiger partial charge in [0.25, 0.3) is 0 Å². The van der Waals surface area contributed by atoms with Crippen LogP contribution in [-0.2, 0) is 19.4 Å². The van der Waals surface area contributed by atoms with Gasteiger partial charge in [0, 0.05) is 17.5 Å². The number of para-hydroxylation sites is 1. The predicted molar refractivity (Wildman–Crippen MR) is 146 cm³/mol. The van der Waals surface area contributed by atoms with E-state index in [1.807, 2.05) is 51.1 Å². The van der Waals surface area contributed by atoms with Gasteiger partial charge in [0.1, 0.15) is 17.6 Å². The molecule has 2 atom stereocenters. The lowest BCUT2D eigenvalue weighted by Crippen LogP contribution is -2.24. The summed E-state index contributed by atoms with van der Waals surface area (Å²) in [6, 6.07) is 24.7. The van der Waals surface area contributed by atoms with E-state index in [1.54, 1.807) is 48.5 Å². The number of ether oxygens (including phenoxy) is 2. The zero-order chi connectivity index (χ0) is 27.5. The Hall–Kier alpha value is -4.07. The van der Waals surface area contributed by atoms with E-state index < -0.39 is 27.8 Å². The fourth-order valence-corrected chi connectivity index (χ4v) is 5.05. The maximum atomic E-state index is 13.0. The molecule has 0 radical (unpaired) electrons. The maximum absolute atomic E-state index is 13.0. The summed E-state index contributed by atoms with van der Waals surface area (Å²) in [5.74, 6) is 6.19. The van der Waals surface area contributed by atoms with Crippen LogP contribution in [0.15, 0.2) is 83.8 Å². The molecule has 0 saturated carbocycles. The number of nitrogens with zero attached hydrogens (tertiary/aromatic N) is 1. The second-order valence-corrected chi connectivity index (χ2v) is 11.2. The lowest BCUT2D eigenvalue weighted by Gasteiger charge is -2.20. The molecular formula is C31H31NO5S. The number of sulfone groups is 1. The van der Waals surface area contributed by atoms with Gasteiger partial charge >= 0.3 is 5.97 Å². The van der Waals surface area contributed by atoms with Gasteiger partial charge < -0.3 is 9.47 Å². The second kappa shape index (κ2) is 13.5. The third-order valence-electron chi connectivity index (χ3n) is 5.84. The first kappa shape index (κ1) is 28.5. The Bertz CT molecular complexity index is 1430. The zero-order valence-corrected chi connectivity index (χ0v) is 22.6. The van der Waals surface area contributed by atoms with Crippen molar-refractivity contribution in [3.63, 3.8) is 0 Å². The van der Waals surface area contributed by atoms with Gasteiger partial charge in [0.2, 0.25) is 6.10 Å². The molecule has 3 aromatic rings. The van der Waals surface area contributed by atoms with Crippen LogP contribution in [0.4, 0.5) is 0 Å². The first-order valence-corrected chi connectivity index (χ1v) is 14.1. The van der Waals surface area contributed by atoms with Crippen LogP contribution in [0, 0.1) is 35.0 Å². The van der Waals surface area contributed by atoms with E-state index in [-0.39, 0.29) is 23.0 Å². The number of nitriles is 1. The maximum Gasteiger partial charge on any atom is 0.311 e. The highest BCUT2D eigenvalue weighted by Crippen LogP contribution is 2.28. The first-order chi connectivity index (χ1) is 18.2. The van der Waals surface area contributed by atoms with E-state index in [0.29, 0.717) is 29.0 Å². The van der Waals surface area contributed by atoms with Gasteiger partial charge in [-0.3, -0.25) is 4.79 Å². The van der Waals surface area contributed by atoms with Crippen molar-refractivity contribution in [1.82, 2.24) is 0 Å². The highest BCUT2D eigenvalue weighted by atomic mass is 32.2. The molecule has 0 aliphatic rings. The van der Waals surface area contributed by atoms with Crippen molar-refractivity contribution in [1.29, 1.82) is 5.26 Å². The van der Waals surface area contributed by atoms with Gasteiger partial charge in [-0.2, -0.15) is 5.26 Å². The summed E-state index contributed by atoms with van der Waals surface area (Å²) in [6.45, 7) is 5.62. The minimum absolute atomic E-state index is 0.0644. The standard InChI is InChI=1S/C31H31NO5S/c1-4-20-38(34,35)28-18-16-24(17-19-28)10-8-15-29(23(2)3)31(33)37-30(22-32)25-11-9-14-27(21-25)36-26-12-6-5-7-13-26/h5-7,9,11-14,16-19,21,23,29-30H,4,15,20H2,1-3H3. The minimum Gasteiger partial charge on any atom is -0.457 e. The van der Waals surface area contributed by atoms with Crippen molar-refractivity contribution in [2.45, 2.75) is 44.6 Å². The summed E-state index contributed by atoms with van der Waals surface area (Å²) in [7, 11) is -3.28. The van der Waals surface area contributed by atoms with Gasteiger partial charge in [0.05, 0.1) is 16.6 Å². The van der Waals surface area contributed by atoms with Crippen molar-refractivity contribution < 1.29 is 22.7 Å². The van der Waals surface area contributed by atoms with Crippen LogP contribution in [0.3, 0.4) is 0 Å². The van der Waals surface area contributed by atoms with Crippen LogP contribution >= 0.6 is 0 Å². The number of carbonyl (C=O) groups excluding carboxylic acids is 1. The molecule has 0 bridgehead atoms. The Labute approximate surface area is 225 Å². The van der Waals surface area contributed by atoms with Crippen LogP contribution in [0.2, 0.25) is 0 Å². The number of rotatable bonds is 10. The molecule has 0 aromatic heterocycles. The Morgan fingerprint density at radius 3 is 2.26 bits per heavy atom. The summed E-state index contributed by atoms with van der Waals surface area (Å²) >= 11 is 0. The van der Waals surface area contributed by atoms with Gasteiger partial charge in [-0.25, -0.2) is 8.42 Å². The van der Waals surface area contributed by atoms with E-state index in [0.717, 1.165) is 0 Å². The van der Waals surface area contributed by atoms with Crippen LogP contribution in [0.1, 0.15) is 50.8 Å². The average molecular weight is 530 g/mol. The molecule has 2 unspecified atom stereocenters. The number of esters is 1. The van der Waals surface area contributed by atoms with Crippen molar-refractivity contribution >= 4 is 15.8 Å². The lowest BCUT2D eigenvalue weighted by atomic mass is 9.92. The molecule has 3 aromatic carbocycles. The van der Waals surface area contributed by atoms with Gasteiger partial charge in [-0.05, 0) is 60.9 Å². The topological polar surface area (TPSA) is 93.5 Å². The monoisotopic (exact) mass is 529 g/mol. The lowest BCUT2D eigenvalue weighted by molar-refractivity contribution is -0.153. The number of hydrogen-bond acceptors (Lipinski definition) is 6. The largest absolute Gasteiger partial charge is 0.457 e. The summed E-state index contributed by atoms with van der Waals surface area (Å²) in [5, 5.41) is 9.73. The van der Waals surface area contributed by atoms with Gasteiger partial charge in [0.15, 0.2) is 9.84 Å². The quantitative estimate of drug-likeness (QED) is 0.220. The fourth-order valence-electron chi connectivity index (χ4n) is 3.72. The Morgan fingerprint density at radius 1 is 0.947 bits per heavy atom. The summed E-state index contributed by atoms with van der Waals surface area (Å²) in [4.78, 5) is 13.3. The fraction of sp³-hybridized carbons (Fsp3) is 0.290. The van der Waals surface area contributed by atoms with Crippen LogP contribution in [0.25, 0.3) is 0 Å². The van der Waals surface area contributed by atoms with Crippen molar-refractivity contribution in [3.8, 4) is 29.4 Å². The summed E-state index contributed by atoms with van der Waals surface area (Å²) in [5.41, 5.74) is 1.17. The SMILES string of the molecule is CCCS(=O)(=O)c1ccc(C#CCC(C(=O)OC(C#N)c2cccc(Oc3ccccc3)c2)C(C)C)cc1. The predicted octanol–water partition coefficient (Wildman–Crippen LogP) is 6.48. The van der Waals surface area contributed by atoms with Crippen molar-refractivity contribution in [2.75, 3.05) is 5.75 Å². The minimum atomic E-state index is -3.28.